The molecule has 1 aromatic carbocycles. The average molecular weight is 246 g/mol. The number of nitrogens with zero attached hydrogens (tertiary/aromatic N) is 1. The summed E-state index contributed by atoms with van der Waals surface area (Å²) in [4.78, 5) is 2.37. The highest BCUT2D eigenvalue weighted by Gasteiger charge is 2.28. The minimum Gasteiger partial charge on any atom is -0.374 e. The van der Waals surface area contributed by atoms with Crippen LogP contribution in [0.5, 0.6) is 0 Å². The number of nitrogens with one attached hydrogen (secondary N) is 1. The molecule has 0 heterocycles. The maximum absolute atomic E-state index is 3.68. The first kappa shape index (κ1) is 13.4. The van der Waals surface area contributed by atoms with E-state index >= 15 is 0 Å². The van der Waals surface area contributed by atoms with Crippen LogP contribution in [-0.4, -0.2) is 26.2 Å². The van der Waals surface area contributed by atoms with Crippen LogP contribution in [0, 0.1) is 5.41 Å². The van der Waals surface area contributed by atoms with E-state index in [1.54, 1.807) is 0 Å². The molecular weight excluding hydrogens is 220 g/mol. The van der Waals surface area contributed by atoms with Gasteiger partial charge in [-0.1, -0.05) is 32.0 Å². The fourth-order valence-corrected chi connectivity index (χ4v) is 2.32. The van der Waals surface area contributed by atoms with Crippen molar-refractivity contribution in [2.45, 2.75) is 39.2 Å². The Labute approximate surface area is 111 Å². The summed E-state index contributed by atoms with van der Waals surface area (Å²) in [5, 5.41) is 3.68. The number of hydrogen-bond donors (Lipinski definition) is 1. The highest BCUT2D eigenvalue weighted by Crippen LogP contribution is 2.26. The average Bonchev–Trinajstić information content (AvgIpc) is 3.21. The Morgan fingerprint density at radius 2 is 1.94 bits per heavy atom. The van der Waals surface area contributed by atoms with Crippen LogP contribution in [0.4, 0.5) is 5.69 Å². The fraction of sp³-hybridized carbons (Fsp3) is 0.625. The van der Waals surface area contributed by atoms with E-state index in [2.05, 4.69) is 61.4 Å². The van der Waals surface area contributed by atoms with Gasteiger partial charge in [-0.25, -0.2) is 0 Å². The molecule has 0 amide bonds. The van der Waals surface area contributed by atoms with Gasteiger partial charge in [-0.2, -0.15) is 0 Å². The van der Waals surface area contributed by atoms with E-state index in [1.165, 1.54) is 24.9 Å². The zero-order chi connectivity index (χ0) is 13.0. The van der Waals surface area contributed by atoms with Crippen molar-refractivity contribution in [3.8, 4) is 0 Å². The van der Waals surface area contributed by atoms with Gasteiger partial charge in [0.25, 0.3) is 0 Å². The predicted molar refractivity (Wildman–Crippen MR) is 79.1 cm³/mol. The Morgan fingerprint density at radius 1 is 1.28 bits per heavy atom. The summed E-state index contributed by atoms with van der Waals surface area (Å²) in [6.45, 7) is 6.92. The summed E-state index contributed by atoms with van der Waals surface area (Å²) in [6, 6.07) is 11.5. The smallest absolute Gasteiger partial charge is 0.0363 e. The maximum Gasteiger partial charge on any atom is 0.0363 e. The zero-order valence-electron chi connectivity index (χ0n) is 11.9. The molecule has 0 spiro atoms. The van der Waals surface area contributed by atoms with E-state index in [-0.39, 0.29) is 0 Å². The molecule has 2 nitrogen and oxygen atoms in total. The van der Waals surface area contributed by atoms with Crippen molar-refractivity contribution in [1.29, 1.82) is 0 Å². The number of rotatable bonds is 7. The predicted octanol–water partition coefficient (Wildman–Crippen LogP) is 3.29. The lowest BCUT2D eigenvalue weighted by atomic mass is 9.86. The lowest BCUT2D eigenvalue weighted by Gasteiger charge is -2.34. The lowest BCUT2D eigenvalue weighted by Crippen LogP contribution is -2.41. The summed E-state index contributed by atoms with van der Waals surface area (Å²) in [7, 11) is 2.19. The molecule has 1 fully saturated rings. The van der Waals surface area contributed by atoms with E-state index in [9.17, 15) is 0 Å². The molecular formula is C16H26N2. The molecule has 1 saturated carbocycles. The second-order valence-electron chi connectivity index (χ2n) is 6.01. The number of anilines is 1. The molecule has 2 heteroatoms. The van der Waals surface area contributed by atoms with Crippen LogP contribution in [-0.2, 0) is 0 Å². The summed E-state index contributed by atoms with van der Waals surface area (Å²) < 4.78 is 0. The van der Waals surface area contributed by atoms with E-state index in [1.807, 2.05) is 0 Å². The molecule has 2 rings (SSSR count). The molecule has 100 valence electrons. The normalized spacial score (nSPS) is 18.4. The van der Waals surface area contributed by atoms with Crippen LogP contribution in [0.25, 0.3) is 0 Å². The molecule has 1 aliphatic carbocycles. The van der Waals surface area contributed by atoms with E-state index in [0.29, 0.717) is 5.41 Å². The maximum atomic E-state index is 3.68. The number of para-hydroxylation sites is 1. The summed E-state index contributed by atoms with van der Waals surface area (Å²) in [5.74, 6) is 0. The molecule has 1 aliphatic rings. The summed E-state index contributed by atoms with van der Waals surface area (Å²) in [5.41, 5.74) is 1.66. The van der Waals surface area contributed by atoms with Crippen molar-refractivity contribution in [2.75, 3.05) is 25.0 Å². The summed E-state index contributed by atoms with van der Waals surface area (Å²) >= 11 is 0. The van der Waals surface area contributed by atoms with Gasteiger partial charge in [-0.3, -0.25) is 0 Å². The van der Waals surface area contributed by atoms with Crippen LogP contribution in [0.15, 0.2) is 30.3 Å². The summed E-state index contributed by atoms with van der Waals surface area (Å²) in [6.07, 6.45) is 3.95. The SMILES string of the molecule is CCC(C)(CNC1CC1)CN(C)c1ccccc1. The first-order valence-electron chi connectivity index (χ1n) is 7.12. The van der Waals surface area contributed by atoms with Gasteiger partial charge in [-0.15, -0.1) is 0 Å². The van der Waals surface area contributed by atoms with Crippen molar-refractivity contribution < 1.29 is 0 Å². The van der Waals surface area contributed by atoms with Crippen molar-refractivity contribution in [3.63, 3.8) is 0 Å². The monoisotopic (exact) mass is 246 g/mol. The first-order chi connectivity index (χ1) is 8.63. The first-order valence-corrected chi connectivity index (χ1v) is 7.12. The van der Waals surface area contributed by atoms with Crippen molar-refractivity contribution in [2.24, 2.45) is 5.41 Å². The fourth-order valence-electron chi connectivity index (χ4n) is 2.32. The Kier molecular flexibility index (Phi) is 4.28. The molecule has 0 aromatic heterocycles. The van der Waals surface area contributed by atoms with Crippen LogP contribution < -0.4 is 10.2 Å². The quantitative estimate of drug-likeness (QED) is 0.794. The Hall–Kier alpha value is -1.02. The minimum atomic E-state index is 0.354. The van der Waals surface area contributed by atoms with Gasteiger partial charge < -0.3 is 10.2 Å². The van der Waals surface area contributed by atoms with Crippen molar-refractivity contribution in [1.82, 2.24) is 5.32 Å². The minimum absolute atomic E-state index is 0.354. The van der Waals surface area contributed by atoms with Gasteiger partial charge in [0.05, 0.1) is 0 Å². The third-order valence-electron chi connectivity index (χ3n) is 4.06. The van der Waals surface area contributed by atoms with Gasteiger partial charge >= 0.3 is 0 Å². The second kappa shape index (κ2) is 5.75. The van der Waals surface area contributed by atoms with Crippen LogP contribution in [0.1, 0.15) is 33.1 Å². The third-order valence-corrected chi connectivity index (χ3v) is 4.06. The standard InChI is InChI=1S/C16H26N2/c1-4-16(2,12-17-14-10-11-14)13-18(3)15-8-6-5-7-9-15/h5-9,14,17H,4,10-13H2,1-3H3. The molecule has 1 atom stereocenters. The van der Waals surface area contributed by atoms with Gasteiger partial charge in [0.1, 0.15) is 0 Å². The molecule has 18 heavy (non-hydrogen) atoms. The van der Waals surface area contributed by atoms with Crippen LogP contribution >= 0.6 is 0 Å². The Bertz CT molecular complexity index is 359. The van der Waals surface area contributed by atoms with Gasteiger partial charge in [0.2, 0.25) is 0 Å². The third kappa shape index (κ3) is 3.74. The van der Waals surface area contributed by atoms with Gasteiger partial charge in [0.15, 0.2) is 0 Å². The van der Waals surface area contributed by atoms with E-state index in [4.69, 9.17) is 0 Å². The van der Waals surface area contributed by atoms with Crippen molar-refractivity contribution >= 4 is 5.69 Å². The Balaban J connectivity index is 1.91. The van der Waals surface area contributed by atoms with E-state index < -0.39 is 0 Å². The lowest BCUT2D eigenvalue weighted by molar-refractivity contribution is 0.298. The topological polar surface area (TPSA) is 15.3 Å². The van der Waals surface area contributed by atoms with Gasteiger partial charge in [-0.05, 0) is 36.8 Å². The Morgan fingerprint density at radius 3 is 2.50 bits per heavy atom. The molecule has 0 aliphatic heterocycles. The molecule has 0 radical (unpaired) electrons. The molecule has 0 bridgehead atoms. The highest BCUT2D eigenvalue weighted by atomic mass is 15.1. The second-order valence-corrected chi connectivity index (χ2v) is 6.01. The van der Waals surface area contributed by atoms with Gasteiger partial charge in [0, 0.05) is 31.9 Å². The molecule has 1 N–H and O–H groups in total. The number of benzene rings is 1. The van der Waals surface area contributed by atoms with Crippen LogP contribution in [0.2, 0.25) is 0 Å². The largest absolute Gasteiger partial charge is 0.374 e. The van der Waals surface area contributed by atoms with Crippen LogP contribution in [0.3, 0.4) is 0 Å². The van der Waals surface area contributed by atoms with E-state index in [0.717, 1.165) is 19.1 Å². The highest BCUT2D eigenvalue weighted by molar-refractivity contribution is 5.45. The molecule has 1 unspecified atom stereocenters. The van der Waals surface area contributed by atoms with Crippen molar-refractivity contribution in [3.05, 3.63) is 30.3 Å². The molecule has 0 saturated heterocycles. The number of hydrogen-bond acceptors (Lipinski definition) is 2. The molecule has 1 aromatic rings. The zero-order valence-corrected chi connectivity index (χ0v) is 11.9.